The number of allylic oxidation sites excluding steroid dienone is 1. The summed E-state index contributed by atoms with van der Waals surface area (Å²) in [5.74, 6) is 0.294. The lowest BCUT2D eigenvalue weighted by atomic mass is 10.1. The van der Waals surface area contributed by atoms with Gasteiger partial charge in [0.15, 0.2) is 0 Å². The molecule has 0 unspecified atom stereocenters. The molecule has 0 spiro atoms. The Labute approximate surface area is 96.9 Å². The summed E-state index contributed by atoms with van der Waals surface area (Å²) < 4.78 is 5.08. The number of ether oxygens (including phenoxy) is 1. The molecule has 0 N–H and O–H groups in total. The number of rotatable bonds is 5. The molecule has 86 valence electrons. The van der Waals surface area contributed by atoms with Crippen molar-refractivity contribution in [2.45, 2.75) is 26.9 Å². The molecule has 0 saturated carbocycles. The standard InChI is InChI=1S/C14H18O2/c1-12(2)7-6-10-14(15)16-11-13-8-4-3-5-9-13/h3-6,8-10,12H,7,11H2,1-2H3/b10-6-. The fourth-order valence-electron chi connectivity index (χ4n) is 1.21. The lowest BCUT2D eigenvalue weighted by molar-refractivity contribution is -0.139. The summed E-state index contributed by atoms with van der Waals surface area (Å²) in [4.78, 5) is 11.3. The van der Waals surface area contributed by atoms with Crippen molar-refractivity contribution in [2.24, 2.45) is 5.92 Å². The Balaban J connectivity index is 2.28. The van der Waals surface area contributed by atoms with Gasteiger partial charge in [0.1, 0.15) is 6.61 Å². The highest BCUT2D eigenvalue weighted by molar-refractivity contribution is 5.81. The molecule has 0 amide bonds. The summed E-state index contributed by atoms with van der Waals surface area (Å²) in [6.45, 7) is 4.56. The largest absolute Gasteiger partial charge is 0.458 e. The quantitative estimate of drug-likeness (QED) is 0.559. The van der Waals surface area contributed by atoms with E-state index in [-0.39, 0.29) is 5.97 Å². The van der Waals surface area contributed by atoms with Crippen LogP contribution in [0.2, 0.25) is 0 Å². The van der Waals surface area contributed by atoms with Crippen LogP contribution >= 0.6 is 0 Å². The summed E-state index contributed by atoms with van der Waals surface area (Å²) in [5, 5.41) is 0. The Kier molecular flexibility index (Phi) is 5.34. The van der Waals surface area contributed by atoms with E-state index in [1.54, 1.807) is 0 Å². The van der Waals surface area contributed by atoms with E-state index in [1.807, 2.05) is 36.4 Å². The molecule has 0 radical (unpaired) electrons. The molecular formula is C14H18O2. The lowest BCUT2D eigenvalue weighted by Crippen LogP contribution is -2.00. The predicted octanol–water partition coefficient (Wildman–Crippen LogP) is 3.33. The minimum atomic E-state index is -0.274. The van der Waals surface area contributed by atoms with Gasteiger partial charge in [0.25, 0.3) is 0 Å². The van der Waals surface area contributed by atoms with Crippen LogP contribution in [0.5, 0.6) is 0 Å². The number of benzene rings is 1. The molecule has 0 aromatic heterocycles. The van der Waals surface area contributed by atoms with Crippen molar-refractivity contribution in [2.75, 3.05) is 0 Å². The van der Waals surface area contributed by atoms with E-state index < -0.39 is 0 Å². The average Bonchev–Trinajstić information content (AvgIpc) is 2.27. The Morgan fingerprint density at radius 2 is 2.00 bits per heavy atom. The van der Waals surface area contributed by atoms with E-state index in [0.717, 1.165) is 12.0 Å². The zero-order valence-electron chi connectivity index (χ0n) is 9.85. The average molecular weight is 218 g/mol. The zero-order chi connectivity index (χ0) is 11.8. The second-order valence-electron chi connectivity index (χ2n) is 4.13. The van der Waals surface area contributed by atoms with Crippen LogP contribution in [0.4, 0.5) is 0 Å². The second-order valence-corrected chi connectivity index (χ2v) is 4.13. The topological polar surface area (TPSA) is 26.3 Å². The molecule has 2 nitrogen and oxygen atoms in total. The number of carbonyl (C=O) groups is 1. The van der Waals surface area contributed by atoms with Crippen LogP contribution in [0.3, 0.4) is 0 Å². The minimum absolute atomic E-state index is 0.274. The SMILES string of the molecule is CC(C)C/C=C\C(=O)OCc1ccccc1. The molecule has 16 heavy (non-hydrogen) atoms. The fraction of sp³-hybridized carbons (Fsp3) is 0.357. The Bertz CT molecular complexity index is 339. The third-order valence-electron chi connectivity index (χ3n) is 2.09. The van der Waals surface area contributed by atoms with E-state index >= 15 is 0 Å². The van der Waals surface area contributed by atoms with Gasteiger partial charge < -0.3 is 4.74 Å². The maximum atomic E-state index is 11.3. The van der Waals surface area contributed by atoms with Crippen molar-refractivity contribution in [1.29, 1.82) is 0 Å². The minimum Gasteiger partial charge on any atom is -0.458 e. The van der Waals surface area contributed by atoms with Gasteiger partial charge in [-0.15, -0.1) is 0 Å². The first-order valence-electron chi connectivity index (χ1n) is 5.55. The molecule has 0 fully saturated rings. The van der Waals surface area contributed by atoms with Gasteiger partial charge >= 0.3 is 5.97 Å². The van der Waals surface area contributed by atoms with Crippen LogP contribution in [0.15, 0.2) is 42.5 Å². The molecule has 0 bridgehead atoms. The van der Waals surface area contributed by atoms with Gasteiger partial charge in [0.2, 0.25) is 0 Å². The van der Waals surface area contributed by atoms with Gasteiger partial charge in [0.05, 0.1) is 0 Å². The number of hydrogen-bond donors (Lipinski definition) is 0. The van der Waals surface area contributed by atoms with Gasteiger partial charge in [0, 0.05) is 6.08 Å². The molecule has 0 atom stereocenters. The Morgan fingerprint density at radius 3 is 2.62 bits per heavy atom. The van der Waals surface area contributed by atoms with Gasteiger partial charge in [-0.25, -0.2) is 4.79 Å². The van der Waals surface area contributed by atoms with Crippen LogP contribution in [0, 0.1) is 5.92 Å². The smallest absolute Gasteiger partial charge is 0.330 e. The molecule has 1 rings (SSSR count). The zero-order valence-corrected chi connectivity index (χ0v) is 9.85. The van der Waals surface area contributed by atoms with E-state index in [9.17, 15) is 4.79 Å². The van der Waals surface area contributed by atoms with Crippen molar-refractivity contribution >= 4 is 5.97 Å². The molecule has 0 heterocycles. The molecule has 1 aromatic carbocycles. The van der Waals surface area contributed by atoms with Gasteiger partial charge in [-0.05, 0) is 17.9 Å². The normalized spacial score (nSPS) is 10.9. The Morgan fingerprint density at radius 1 is 1.31 bits per heavy atom. The van der Waals surface area contributed by atoms with E-state index in [1.165, 1.54) is 6.08 Å². The monoisotopic (exact) mass is 218 g/mol. The molecular weight excluding hydrogens is 200 g/mol. The summed E-state index contributed by atoms with van der Waals surface area (Å²) in [5.41, 5.74) is 1.01. The molecule has 0 saturated heterocycles. The van der Waals surface area contributed by atoms with Crippen molar-refractivity contribution in [3.05, 3.63) is 48.0 Å². The number of carbonyl (C=O) groups excluding carboxylic acids is 1. The van der Waals surface area contributed by atoms with E-state index in [4.69, 9.17) is 4.74 Å². The maximum absolute atomic E-state index is 11.3. The maximum Gasteiger partial charge on any atom is 0.330 e. The van der Waals surface area contributed by atoms with E-state index in [2.05, 4.69) is 13.8 Å². The Hall–Kier alpha value is -1.57. The summed E-state index contributed by atoms with van der Waals surface area (Å²) in [6.07, 6.45) is 4.27. The highest BCUT2D eigenvalue weighted by Crippen LogP contribution is 2.02. The van der Waals surface area contributed by atoms with Crippen LogP contribution in [0.1, 0.15) is 25.8 Å². The summed E-state index contributed by atoms with van der Waals surface area (Å²) >= 11 is 0. The molecule has 0 aliphatic carbocycles. The number of hydrogen-bond acceptors (Lipinski definition) is 2. The third-order valence-corrected chi connectivity index (χ3v) is 2.09. The van der Waals surface area contributed by atoms with Gasteiger partial charge in [-0.2, -0.15) is 0 Å². The van der Waals surface area contributed by atoms with Crippen molar-refractivity contribution < 1.29 is 9.53 Å². The van der Waals surface area contributed by atoms with Gasteiger partial charge in [-0.3, -0.25) is 0 Å². The molecule has 1 aromatic rings. The van der Waals surface area contributed by atoms with Crippen LogP contribution in [-0.2, 0) is 16.1 Å². The summed E-state index contributed by atoms with van der Waals surface area (Å²) in [6, 6.07) is 9.67. The summed E-state index contributed by atoms with van der Waals surface area (Å²) in [7, 11) is 0. The molecule has 0 aliphatic heterocycles. The third kappa shape index (κ3) is 5.35. The van der Waals surface area contributed by atoms with Crippen LogP contribution < -0.4 is 0 Å². The van der Waals surface area contributed by atoms with E-state index in [0.29, 0.717) is 12.5 Å². The molecule has 2 heteroatoms. The van der Waals surface area contributed by atoms with Crippen LogP contribution in [0.25, 0.3) is 0 Å². The first-order valence-corrected chi connectivity index (χ1v) is 5.55. The first-order chi connectivity index (χ1) is 7.68. The van der Waals surface area contributed by atoms with Crippen molar-refractivity contribution in [3.8, 4) is 0 Å². The van der Waals surface area contributed by atoms with Crippen molar-refractivity contribution in [3.63, 3.8) is 0 Å². The second kappa shape index (κ2) is 6.83. The highest BCUT2D eigenvalue weighted by atomic mass is 16.5. The molecule has 0 aliphatic rings. The van der Waals surface area contributed by atoms with Crippen molar-refractivity contribution in [1.82, 2.24) is 0 Å². The highest BCUT2D eigenvalue weighted by Gasteiger charge is 1.98. The van der Waals surface area contributed by atoms with Gasteiger partial charge in [-0.1, -0.05) is 50.3 Å². The fourth-order valence-corrected chi connectivity index (χ4v) is 1.21. The first kappa shape index (κ1) is 12.5. The number of esters is 1. The van der Waals surface area contributed by atoms with Crippen LogP contribution in [-0.4, -0.2) is 5.97 Å². The predicted molar refractivity (Wildman–Crippen MR) is 64.8 cm³/mol. The lowest BCUT2D eigenvalue weighted by Gasteiger charge is -2.01.